The molecule has 1 amide bonds. The van der Waals surface area contributed by atoms with Crippen molar-refractivity contribution in [3.05, 3.63) is 0 Å². The summed E-state index contributed by atoms with van der Waals surface area (Å²) in [6, 6.07) is 0.239. The molecule has 1 saturated carbocycles. The number of hydrogen-bond donors (Lipinski definition) is 3. The molecular formula is C16H31N3O. The minimum absolute atomic E-state index is 0.00485. The van der Waals surface area contributed by atoms with Crippen molar-refractivity contribution in [2.75, 3.05) is 0 Å². The number of nitrogens with one attached hydrogen (secondary N) is 2. The molecule has 2 atom stereocenters. The van der Waals surface area contributed by atoms with Gasteiger partial charge in [-0.2, -0.15) is 0 Å². The Hall–Kier alpha value is -0.610. The Morgan fingerprint density at radius 1 is 1.15 bits per heavy atom. The van der Waals surface area contributed by atoms with Gasteiger partial charge in [-0.15, -0.1) is 0 Å². The fraction of sp³-hybridized carbons (Fsp3) is 0.938. The van der Waals surface area contributed by atoms with E-state index in [9.17, 15) is 4.79 Å². The topological polar surface area (TPSA) is 67.2 Å². The summed E-state index contributed by atoms with van der Waals surface area (Å²) in [6.45, 7) is 10.8. The second kappa shape index (κ2) is 4.99. The summed E-state index contributed by atoms with van der Waals surface area (Å²) in [6.07, 6.45) is 4.88. The minimum atomic E-state index is -0.376. The molecule has 4 heteroatoms. The van der Waals surface area contributed by atoms with Crippen LogP contribution in [0.2, 0.25) is 0 Å². The highest BCUT2D eigenvalue weighted by Gasteiger charge is 2.45. The van der Waals surface area contributed by atoms with Crippen molar-refractivity contribution in [2.24, 2.45) is 11.1 Å². The highest BCUT2D eigenvalue weighted by Crippen LogP contribution is 2.37. The Morgan fingerprint density at radius 2 is 1.70 bits per heavy atom. The maximum Gasteiger partial charge on any atom is 0.227 e. The Balaban J connectivity index is 2.04. The van der Waals surface area contributed by atoms with Crippen molar-refractivity contribution in [3.63, 3.8) is 0 Å². The zero-order chi connectivity index (χ0) is 15.2. The zero-order valence-electron chi connectivity index (χ0n) is 13.7. The van der Waals surface area contributed by atoms with E-state index in [0.29, 0.717) is 0 Å². The SMILES string of the molecule is CC1(C)CC(NC(=O)C2(C)CCCC2N)CC(C)(C)N1. The van der Waals surface area contributed by atoms with Crippen LogP contribution in [-0.2, 0) is 4.79 Å². The van der Waals surface area contributed by atoms with E-state index in [-0.39, 0.29) is 34.5 Å². The molecule has 1 heterocycles. The van der Waals surface area contributed by atoms with E-state index >= 15 is 0 Å². The molecule has 2 unspecified atom stereocenters. The van der Waals surface area contributed by atoms with Gasteiger partial charge >= 0.3 is 0 Å². The normalized spacial score (nSPS) is 36.8. The van der Waals surface area contributed by atoms with Crippen molar-refractivity contribution < 1.29 is 4.79 Å². The highest BCUT2D eigenvalue weighted by atomic mass is 16.2. The molecule has 2 aliphatic rings. The molecular weight excluding hydrogens is 250 g/mol. The van der Waals surface area contributed by atoms with Crippen molar-refractivity contribution in [2.45, 2.75) is 89.9 Å². The molecule has 0 aromatic rings. The summed E-state index contributed by atoms with van der Waals surface area (Å²) in [5, 5.41) is 6.93. The molecule has 0 aromatic carbocycles. The molecule has 20 heavy (non-hydrogen) atoms. The Bertz CT molecular complexity index is 375. The molecule has 4 nitrogen and oxygen atoms in total. The summed E-state index contributed by atoms with van der Waals surface area (Å²) in [5.41, 5.74) is 5.88. The smallest absolute Gasteiger partial charge is 0.227 e. The van der Waals surface area contributed by atoms with Gasteiger partial charge in [0.1, 0.15) is 0 Å². The first-order chi connectivity index (χ1) is 9.04. The fourth-order valence-corrected chi connectivity index (χ4v) is 4.25. The average molecular weight is 281 g/mol. The lowest BCUT2D eigenvalue weighted by Gasteiger charge is -2.47. The van der Waals surface area contributed by atoms with Gasteiger partial charge in [0.25, 0.3) is 0 Å². The standard InChI is InChI=1S/C16H31N3O/c1-14(2)9-11(10-15(3,4)19-14)18-13(20)16(5)8-6-7-12(16)17/h11-12,19H,6-10,17H2,1-5H3,(H,18,20). The minimum Gasteiger partial charge on any atom is -0.353 e. The van der Waals surface area contributed by atoms with Crippen LogP contribution in [0.25, 0.3) is 0 Å². The van der Waals surface area contributed by atoms with Gasteiger partial charge < -0.3 is 16.4 Å². The van der Waals surface area contributed by atoms with Gasteiger partial charge in [0.2, 0.25) is 5.91 Å². The molecule has 0 aromatic heterocycles. The fourth-order valence-electron chi connectivity index (χ4n) is 4.25. The average Bonchev–Trinajstić information content (AvgIpc) is 2.55. The van der Waals surface area contributed by atoms with E-state index in [1.165, 1.54) is 0 Å². The first kappa shape index (κ1) is 15.8. The van der Waals surface area contributed by atoms with Crippen molar-refractivity contribution in [3.8, 4) is 0 Å². The van der Waals surface area contributed by atoms with Crippen LogP contribution in [0.5, 0.6) is 0 Å². The first-order valence-electron chi connectivity index (χ1n) is 7.90. The molecule has 4 N–H and O–H groups in total. The molecule has 1 aliphatic carbocycles. The van der Waals surface area contributed by atoms with Crippen molar-refractivity contribution in [1.82, 2.24) is 10.6 Å². The van der Waals surface area contributed by atoms with Crippen LogP contribution in [0, 0.1) is 5.41 Å². The maximum absolute atomic E-state index is 12.7. The lowest BCUT2D eigenvalue weighted by Crippen LogP contribution is -2.63. The Kier molecular flexibility index (Phi) is 3.93. The van der Waals surface area contributed by atoms with Crippen LogP contribution in [0.15, 0.2) is 0 Å². The van der Waals surface area contributed by atoms with Crippen LogP contribution in [-0.4, -0.2) is 29.1 Å². The van der Waals surface area contributed by atoms with E-state index < -0.39 is 0 Å². The monoisotopic (exact) mass is 281 g/mol. The number of carbonyl (C=O) groups excluding carboxylic acids is 1. The van der Waals surface area contributed by atoms with Gasteiger partial charge in [0.15, 0.2) is 0 Å². The number of hydrogen-bond acceptors (Lipinski definition) is 3. The molecule has 0 spiro atoms. The van der Waals surface area contributed by atoms with Crippen molar-refractivity contribution in [1.29, 1.82) is 0 Å². The molecule has 1 aliphatic heterocycles. The molecule has 0 radical (unpaired) electrons. The van der Waals surface area contributed by atoms with Crippen LogP contribution < -0.4 is 16.4 Å². The molecule has 1 saturated heterocycles. The van der Waals surface area contributed by atoms with Gasteiger partial charge in [0, 0.05) is 23.2 Å². The van der Waals surface area contributed by atoms with Gasteiger partial charge in [-0.05, 0) is 60.3 Å². The van der Waals surface area contributed by atoms with Gasteiger partial charge in [0.05, 0.1) is 5.41 Å². The molecule has 116 valence electrons. The Morgan fingerprint density at radius 3 is 2.15 bits per heavy atom. The van der Waals surface area contributed by atoms with Crippen LogP contribution in [0.3, 0.4) is 0 Å². The predicted octanol–water partition coefficient (Wildman–Crippen LogP) is 1.93. The van der Waals surface area contributed by atoms with E-state index in [1.807, 2.05) is 6.92 Å². The lowest BCUT2D eigenvalue weighted by molar-refractivity contribution is -0.131. The molecule has 0 bridgehead atoms. The largest absolute Gasteiger partial charge is 0.353 e. The Labute approximate surface area is 123 Å². The van der Waals surface area contributed by atoms with Crippen molar-refractivity contribution >= 4 is 5.91 Å². The van der Waals surface area contributed by atoms with Crippen LogP contribution in [0.4, 0.5) is 0 Å². The second-order valence-corrected chi connectivity index (χ2v) is 8.39. The van der Waals surface area contributed by atoms with E-state index in [4.69, 9.17) is 5.73 Å². The zero-order valence-corrected chi connectivity index (χ0v) is 13.7. The highest BCUT2D eigenvalue weighted by molar-refractivity contribution is 5.83. The third-order valence-corrected chi connectivity index (χ3v) is 5.07. The van der Waals surface area contributed by atoms with Gasteiger partial charge in [-0.1, -0.05) is 6.42 Å². The molecule has 2 rings (SSSR count). The van der Waals surface area contributed by atoms with Gasteiger partial charge in [-0.25, -0.2) is 0 Å². The summed E-state index contributed by atoms with van der Waals surface area (Å²) >= 11 is 0. The number of piperidine rings is 1. The summed E-state index contributed by atoms with van der Waals surface area (Å²) in [4.78, 5) is 12.7. The number of amides is 1. The third kappa shape index (κ3) is 3.17. The third-order valence-electron chi connectivity index (χ3n) is 5.07. The maximum atomic E-state index is 12.7. The number of nitrogens with two attached hydrogens (primary N) is 1. The van der Waals surface area contributed by atoms with E-state index in [2.05, 4.69) is 38.3 Å². The van der Waals surface area contributed by atoms with Gasteiger partial charge in [-0.3, -0.25) is 4.79 Å². The predicted molar refractivity (Wildman–Crippen MR) is 82.4 cm³/mol. The summed E-state index contributed by atoms with van der Waals surface area (Å²) in [5.74, 6) is 0.154. The number of rotatable bonds is 2. The molecule has 2 fully saturated rings. The number of carbonyl (C=O) groups is 1. The lowest BCUT2D eigenvalue weighted by atomic mass is 9.78. The van der Waals surface area contributed by atoms with E-state index in [0.717, 1.165) is 32.1 Å². The second-order valence-electron chi connectivity index (χ2n) is 8.39. The van der Waals surface area contributed by atoms with Crippen LogP contribution >= 0.6 is 0 Å². The first-order valence-corrected chi connectivity index (χ1v) is 7.90. The van der Waals surface area contributed by atoms with E-state index in [1.54, 1.807) is 0 Å². The van der Waals surface area contributed by atoms with Crippen LogP contribution in [0.1, 0.15) is 66.7 Å². The summed E-state index contributed by atoms with van der Waals surface area (Å²) < 4.78 is 0. The quantitative estimate of drug-likeness (QED) is 0.724. The summed E-state index contributed by atoms with van der Waals surface area (Å²) in [7, 11) is 0.